The summed E-state index contributed by atoms with van der Waals surface area (Å²) >= 11 is 6.27. The van der Waals surface area contributed by atoms with Crippen molar-refractivity contribution in [1.82, 2.24) is 4.98 Å². The SMILES string of the molecule is Clc1cc2c(cc1NCc1cccc3[nH]ccc13)OCO2. The zero-order valence-corrected chi connectivity index (χ0v) is 11.9. The molecule has 0 spiro atoms. The normalized spacial score (nSPS) is 12.8. The van der Waals surface area contributed by atoms with Crippen LogP contribution in [0.15, 0.2) is 42.6 Å². The van der Waals surface area contributed by atoms with Crippen molar-refractivity contribution >= 4 is 28.2 Å². The summed E-state index contributed by atoms with van der Waals surface area (Å²) in [6.45, 7) is 0.937. The molecule has 21 heavy (non-hydrogen) atoms. The molecule has 1 aliphatic heterocycles. The van der Waals surface area contributed by atoms with Gasteiger partial charge in [0.05, 0.1) is 10.7 Å². The highest BCUT2D eigenvalue weighted by Crippen LogP contribution is 2.39. The monoisotopic (exact) mass is 300 g/mol. The lowest BCUT2D eigenvalue weighted by molar-refractivity contribution is 0.174. The van der Waals surface area contributed by atoms with Gasteiger partial charge in [0.1, 0.15) is 0 Å². The van der Waals surface area contributed by atoms with E-state index in [4.69, 9.17) is 21.1 Å². The zero-order chi connectivity index (χ0) is 14.2. The Labute approximate surface area is 126 Å². The van der Waals surface area contributed by atoms with Gasteiger partial charge in [0.2, 0.25) is 6.79 Å². The molecule has 3 aromatic rings. The minimum absolute atomic E-state index is 0.248. The van der Waals surface area contributed by atoms with E-state index in [1.807, 2.05) is 18.3 Å². The van der Waals surface area contributed by atoms with Crippen LogP contribution in [0, 0.1) is 0 Å². The quantitative estimate of drug-likeness (QED) is 0.763. The lowest BCUT2D eigenvalue weighted by Crippen LogP contribution is -2.00. The van der Waals surface area contributed by atoms with E-state index in [0.717, 1.165) is 17.0 Å². The summed E-state index contributed by atoms with van der Waals surface area (Å²) in [7, 11) is 0. The molecule has 1 aliphatic rings. The average molecular weight is 301 g/mol. The number of rotatable bonds is 3. The molecular formula is C16H13ClN2O2. The van der Waals surface area contributed by atoms with Crippen molar-refractivity contribution in [1.29, 1.82) is 0 Å². The molecule has 0 unspecified atom stereocenters. The highest BCUT2D eigenvalue weighted by atomic mass is 35.5. The fourth-order valence-electron chi connectivity index (χ4n) is 2.55. The number of halogens is 1. The summed E-state index contributed by atoms with van der Waals surface area (Å²) in [5, 5.41) is 5.20. The van der Waals surface area contributed by atoms with Crippen LogP contribution in [0.4, 0.5) is 5.69 Å². The molecule has 106 valence electrons. The first-order chi connectivity index (χ1) is 10.3. The Kier molecular flexibility index (Phi) is 2.89. The number of hydrogen-bond acceptors (Lipinski definition) is 3. The number of H-pyrrole nitrogens is 1. The Morgan fingerprint density at radius 3 is 2.90 bits per heavy atom. The van der Waals surface area contributed by atoms with Gasteiger partial charge in [0, 0.05) is 35.8 Å². The van der Waals surface area contributed by atoms with Gasteiger partial charge in [0.15, 0.2) is 11.5 Å². The molecule has 0 aliphatic carbocycles. The Morgan fingerprint density at radius 1 is 1.14 bits per heavy atom. The Hall–Kier alpha value is -2.33. The van der Waals surface area contributed by atoms with E-state index >= 15 is 0 Å². The van der Waals surface area contributed by atoms with Crippen LogP contribution in [0.3, 0.4) is 0 Å². The summed E-state index contributed by atoms with van der Waals surface area (Å²) in [6, 6.07) is 11.9. The average Bonchev–Trinajstić information content (AvgIpc) is 3.12. The molecular weight excluding hydrogens is 288 g/mol. The van der Waals surface area contributed by atoms with Crippen molar-refractivity contribution in [2.45, 2.75) is 6.54 Å². The summed E-state index contributed by atoms with van der Waals surface area (Å²) in [5.74, 6) is 1.42. The number of ether oxygens (including phenoxy) is 2. The maximum absolute atomic E-state index is 6.27. The number of benzene rings is 2. The zero-order valence-electron chi connectivity index (χ0n) is 11.2. The van der Waals surface area contributed by atoms with Gasteiger partial charge < -0.3 is 19.8 Å². The predicted molar refractivity (Wildman–Crippen MR) is 83.2 cm³/mol. The predicted octanol–water partition coefficient (Wildman–Crippen LogP) is 4.16. The highest BCUT2D eigenvalue weighted by molar-refractivity contribution is 6.33. The summed E-state index contributed by atoms with van der Waals surface area (Å²) in [5.41, 5.74) is 3.18. The molecule has 0 fully saturated rings. The van der Waals surface area contributed by atoms with Gasteiger partial charge in [-0.15, -0.1) is 0 Å². The molecule has 4 rings (SSSR count). The summed E-state index contributed by atoms with van der Waals surface area (Å²) in [6.07, 6.45) is 1.95. The van der Waals surface area contributed by atoms with Crippen molar-refractivity contribution < 1.29 is 9.47 Å². The van der Waals surface area contributed by atoms with Gasteiger partial charge in [-0.1, -0.05) is 23.7 Å². The van der Waals surface area contributed by atoms with Gasteiger partial charge in [-0.05, 0) is 17.7 Å². The largest absolute Gasteiger partial charge is 0.454 e. The number of aromatic amines is 1. The minimum atomic E-state index is 0.248. The molecule has 0 amide bonds. The molecule has 0 saturated heterocycles. The number of aromatic nitrogens is 1. The van der Waals surface area contributed by atoms with E-state index < -0.39 is 0 Å². The molecule has 5 heteroatoms. The van der Waals surface area contributed by atoms with Crippen molar-refractivity contribution in [3.05, 3.63) is 53.2 Å². The Bertz CT molecular complexity index is 813. The maximum Gasteiger partial charge on any atom is 0.231 e. The molecule has 1 aromatic heterocycles. The van der Waals surface area contributed by atoms with Crippen molar-refractivity contribution in [3.8, 4) is 11.5 Å². The van der Waals surface area contributed by atoms with Crippen LogP contribution < -0.4 is 14.8 Å². The minimum Gasteiger partial charge on any atom is -0.454 e. The van der Waals surface area contributed by atoms with Crippen LogP contribution >= 0.6 is 11.6 Å². The molecule has 4 nitrogen and oxygen atoms in total. The third-order valence-electron chi connectivity index (χ3n) is 3.62. The van der Waals surface area contributed by atoms with Crippen LogP contribution in [-0.2, 0) is 6.54 Å². The molecule has 0 saturated carbocycles. The van der Waals surface area contributed by atoms with E-state index in [1.165, 1.54) is 10.9 Å². The second-order valence-corrected chi connectivity index (χ2v) is 5.30. The van der Waals surface area contributed by atoms with Crippen LogP contribution in [0.2, 0.25) is 5.02 Å². The van der Waals surface area contributed by atoms with Gasteiger partial charge in [-0.25, -0.2) is 0 Å². The highest BCUT2D eigenvalue weighted by Gasteiger charge is 2.16. The third-order valence-corrected chi connectivity index (χ3v) is 3.93. The Balaban J connectivity index is 1.61. The summed E-state index contributed by atoms with van der Waals surface area (Å²) < 4.78 is 10.7. The van der Waals surface area contributed by atoms with E-state index in [-0.39, 0.29) is 6.79 Å². The van der Waals surface area contributed by atoms with Gasteiger partial charge in [-0.2, -0.15) is 0 Å². The standard InChI is InChI=1S/C16H13ClN2O2/c17-12-6-15-16(21-9-20-15)7-14(12)19-8-10-2-1-3-13-11(10)4-5-18-13/h1-7,18-19H,8-9H2. The van der Waals surface area contributed by atoms with Gasteiger partial charge >= 0.3 is 0 Å². The molecule has 0 bridgehead atoms. The first-order valence-corrected chi connectivity index (χ1v) is 7.07. The smallest absolute Gasteiger partial charge is 0.231 e. The van der Waals surface area contributed by atoms with Crippen LogP contribution in [0.1, 0.15) is 5.56 Å². The molecule has 0 atom stereocenters. The molecule has 2 N–H and O–H groups in total. The van der Waals surface area contributed by atoms with Crippen LogP contribution in [0.25, 0.3) is 10.9 Å². The van der Waals surface area contributed by atoms with Gasteiger partial charge in [0.25, 0.3) is 0 Å². The first-order valence-electron chi connectivity index (χ1n) is 6.69. The topological polar surface area (TPSA) is 46.3 Å². The summed E-state index contributed by atoms with van der Waals surface area (Å²) in [4.78, 5) is 3.21. The molecule has 2 aromatic carbocycles. The molecule has 0 radical (unpaired) electrons. The van der Waals surface area contributed by atoms with E-state index in [0.29, 0.717) is 17.3 Å². The fraction of sp³-hybridized carbons (Fsp3) is 0.125. The van der Waals surface area contributed by atoms with E-state index in [1.54, 1.807) is 6.07 Å². The van der Waals surface area contributed by atoms with Crippen LogP contribution in [-0.4, -0.2) is 11.8 Å². The second kappa shape index (κ2) is 4.90. The number of nitrogens with one attached hydrogen (secondary N) is 2. The molecule has 2 heterocycles. The fourth-order valence-corrected chi connectivity index (χ4v) is 2.77. The van der Waals surface area contributed by atoms with Gasteiger partial charge in [-0.3, -0.25) is 0 Å². The maximum atomic E-state index is 6.27. The second-order valence-electron chi connectivity index (χ2n) is 4.89. The van der Waals surface area contributed by atoms with E-state index in [9.17, 15) is 0 Å². The lowest BCUT2D eigenvalue weighted by atomic mass is 10.1. The van der Waals surface area contributed by atoms with Crippen molar-refractivity contribution in [2.24, 2.45) is 0 Å². The first kappa shape index (κ1) is 12.4. The van der Waals surface area contributed by atoms with E-state index in [2.05, 4.69) is 28.5 Å². The number of hydrogen-bond donors (Lipinski definition) is 2. The van der Waals surface area contributed by atoms with Crippen molar-refractivity contribution in [2.75, 3.05) is 12.1 Å². The Morgan fingerprint density at radius 2 is 2.00 bits per heavy atom. The lowest BCUT2D eigenvalue weighted by Gasteiger charge is -2.10. The number of fused-ring (bicyclic) bond motifs is 2. The van der Waals surface area contributed by atoms with Crippen molar-refractivity contribution in [3.63, 3.8) is 0 Å². The van der Waals surface area contributed by atoms with Crippen LogP contribution in [0.5, 0.6) is 11.5 Å². The number of anilines is 1. The third kappa shape index (κ3) is 2.17.